The highest BCUT2D eigenvalue weighted by molar-refractivity contribution is 9.08. The molecule has 2 heterocycles. The van der Waals surface area contributed by atoms with Gasteiger partial charge in [-0.15, -0.1) is 0 Å². The molecule has 0 N–H and O–H groups in total. The van der Waals surface area contributed by atoms with Gasteiger partial charge in [-0.25, -0.2) is 0 Å². The van der Waals surface area contributed by atoms with Crippen molar-refractivity contribution in [1.82, 2.24) is 9.97 Å². The molecule has 0 spiro atoms. The van der Waals surface area contributed by atoms with E-state index in [-0.39, 0.29) is 0 Å². The maximum atomic E-state index is 4.36. The van der Waals surface area contributed by atoms with Gasteiger partial charge in [0.2, 0.25) is 0 Å². The van der Waals surface area contributed by atoms with E-state index in [1.165, 1.54) is 5.56 Å². The average Bonchev–Trinajstić information content (AvgIpc) is 2.30. The molecule has 2 aromatic heterocycles. The molecule has 0 saturated heterocycles. The molecule has 0 atom stereocenters. The van der Waals surface area contributed by atoms with Crippen molar-refractivity contribution in [1.29, 1.82) is 0 Å². The molecule has 0 aliphatic rings. The fraction of sp³-hybridized carbons (Fsp3) is 0.0909. The Balaban J connectivity index is 2.34. The minimum Gasteiger partial charge on any atom is -0.265 e. The minimum atomic E-state index is 0.844. The van der Waals surface area contributed by atoms with Gasteiger partial charge in [0.1, 0.15) is 0 Å². The number of pyridine rings is 2. The molecule has 0 radical (unpaired) electrons. The predicted molar refractivity (Wildman–Crippen MR) is 60.1 cm³/mol. The van der Waals surface area contributed by atoms with E-state index >= 15 is 0 Å². The van der Waals surface area contributed by atoms with Crippen LogP contribution in [0, 0.1) is 0 Å². The van der Waals surface area contributed by atoms with Gasteiger partial charge in [-0.05, 0) is 23.8 Å². The van der Waals surface area contributed by atoms with E-state index in [4.69, 9.17) is 0 Å². The van der Waals surface area contributed by atoms with Gasteiger partial charge in [0.15, 0.2) is 0 Å². The normalized spacial score (nSPS) is 10.1. The van der Waals surface area contributed by atoms with Crippen LogP contribution in [0.1, 0.15) is 5.56 Å². The van der Waals surface area contributed by atoms with E-state index in [0.717, 1.165) is 16.6 Å². The molecule has 0 amide bonds. The Morgan fingerprint density at radius 2 is 1.86 bits per heavy atom. The third-order valence-corrected chi connectivity index (χ3v) is 2.60. The van der Waals surface area contributed by atoms with Crippen molar-refractivity contribution in [3.05, 3.63) is 48.4 Å². The fourth-order valence-corrected chi connectivity index (χ4v) is 1.53. The van der Waals surface area contributed by atoms with Crippen LogP contribution in [0.15, 0.2) is 42.9 Å². The topological polar surface area (TPSA) is 25.8 Å². The Morgan fingerprint density at radius 3 is 2.43 bits per heavy atom. The number of rotatable bonds is 2. The van der Waals surface area contributed by atoms with Crippen LogP contribution < -0.4 is 0 Å². The molecule has 0 saturated carbocycles. The van der Waals surface area contributed by atoms with Crippen LogP contribution in [0.4, 0.5) is 0 Å². The number of hydrogen-bond donors (Lipinski definition) is 0. The summed E-state index contributed by atoms with van der Waals surface area (Å²) in [5.41, 5.74) is 3.26. The fourth-order valence-electron chi connectivity index (χ4n) is 1.20. The molecule has 0 bridgehead atoms. The first-order valence-electron chi connectivity index (χ1n) is 4.31. The molecular formula is C11H9BrN2. The smallest absolute Gasteiger partial charge is 0.0703 e. The van der Waals surface area contributed by atoms with Crippen molar-refractivity contribution in [2.75, 3.05) is 0 Å². The van der Waals surface area contributed by atoms with Crippen molar-refractivity contribution in [2.24, 2.45) is 0 Å². The SMILES string of the molecule is BrCc1ccc(-c2ccncc2)nc1. The molecule has 0 aromatic carbocycles. The van der Waals surface area contributed by atoms with E-state index in [1.54, 1.807) is 12.4 Å². The lowest BCUT2D eigenvalue weighted by Crippen LogP contribution is -1.85. The third kappa shape index (κ3) is 1.99. The van der Waals surface area contributed by atoms with Crippen molar-refractivity contribution < 1.29 is 0 Å². The standard InChI is InChI=1S/C11H9BrN2/c12-7-9-1-2-11(14-8-9)10-3-5-13-6-4-10/h1-6,8H,7H2. The van der Waals surface area contributed by atoms with Crippen molar-refractivity contribution in [2.45, 2.75) is 5.33 Å². The summed E-state index contributed by atoms with van der Waals surface area (Å²) in [5.74, 6) is 0. The minimum absolute atomic E-state index is 0.844. The van der Waals surface area contributed by atoms with E-state index in [2.05, 4.69) is 32.0 Å². The van der Waals surface area contributed by atoms with Crippen LogP contribution in [0.2, 0.25) is 0 Å². The molecule has 0 aliphatic heterocycles. The largest absolute Gasteiger partial charge is 0.265 e. The van der Waals surface area contributed by atoms with Crippen LogP contribution >= 0.6 is 15.9 Å². The quantitative estimate of drug-likeness (QED) is 0.764. The highest BCUT2D eigenvalue weighted by Crippen LogP contribution is 2.16. The predicted octanol–water partition coefficient (Wildman–Crippen LogP) is 3.04. The van der Waals surface area contributed by atoms with E-state index in [0.29, 0.717) is 0 Å². The highest BCUT2D eigenvalue weighted by atomic mass is 79.9. The molecule has 2 rings (SSSR count). The van der Waals surface area contributed by atoms with Gasteiger partial charge in [0.05, 0.1) is 5.69 Å². The van der Waals surface area contributed by atoms with E-state index in [1.807, 2.05) is 24.4 Å². The zero-order valence-corrected chi connectivity index (χ0v) is 9.11. The molecule has 0 fully saturated rings. The zero-order chi connectivity index (χ0) is 9.80. The van der Waals surface area contributed by atoms with E-state index in [9.17, 15) is 0 Å². The summed E-state index contributed by atoms with van der Waals surface area (Å²) in [6.45, 7) is 0. The first-order valence-corrected chi connectivity index (χ1v) is 5.43. The monoisotopic (exact) mass is 248 g/mol. The summed E-state index contributed by atoms with van der Waals surface area (Å²) in [6.07, 6.45) is 5.43. The summed E-state index contributed by atoms with van der Waals surface area (Å²) in [7, 11) is 0. The summed E-state index contributed by atoms with van der Waals surface area (Å²) in [6, 6.07) is 8.00. The number of alkyl halides is 1. The summed E-state index contributed by atoms with van der Waals surface area (Å²) in [4.78, 5) is 8.33. The van der Waals surface area contributed by atoms with E-state index < -0.39 is 0 Å². The molecule has 2 nitrogen and oxygen atoms in total. The summed E-state index contributed by atoms with van der Waals surface area (Å²) in [5, 5.41) is 0.844. The van der Waals surface area contributed by atoms with Crippen LogP contribution in [-0.2, 0) is 5.33 Å². The molecule has 3 heteroatoms. The number of hydrogen-bond acceptors (Lipinski definition) is 2. The lowest BCUT2D eigenvalue weighted by atomic mass is 10.1. The molecule has 70 valence electrons. The van der Waals surface area contributed by atoms with Gasteiger partial charge < -0.3 is 0 Å². The van der Waals surface area contributed by atoms with Gasteiger partial charge in [-0.1, -0.05) is 22.0 Å². The third-order valence-electron chi connectivity index (χ3n) is 1.96. The average molecular weight is 249 g/mol. The second kappa shape index (κ2) is 4.33. The second-order valence-electron chi connectivity index (χ2n) is 2.92. The van der Waals surface area contributed by atoms with Gasteiger partial charge in [0, 0.05) is 29.5 Å². The Hall–Kier alpha value is -1.22. The van der Waals surface area contributed by atoms with Crippen LogP contribution in [0.3, 0.4) is 0 Å². The maximum absolute atomic E-state index is 4.36. The van der Waals surface area contributed by atoms with Crippen LogP contribution in [0.25, 0.3) is 11.3 Å². The van der Waals surface area contributed by atoms with Gasteiger partial charge in [-0.3, -0.25) is 9.97 Å². The molecule has 2 aromatic rings. The first kappa shape index (κ1) is 9.34. The van der Waals surface area contributed by atoms with Gasteiger partial charge in [-0.2, -0.15) is 0 Å². The maximum Gasteiger partial charge on any atom is 0.0703 e. The Kier molecular flexibility index (Phi) is 2.89. The number of aromatic nitrogens is 2. The first-order chi connectivity index (χ1) is 6.90. The van der Waals surface area contributed by atoms with Crippen LogP contribution in [0.5, 0.6) is 0 Å². The highest BCUT2D eigenvalue weighted by Gasteiger charge is 1.97. The van der Waals surface area contributed by atoms with Gasteiger partial charge in [0.25, 0.3) is 0 Å². The Labute approximate surface area is 91.2 Å². The van der Waals surface area contributed by atoms with Crippen molar-refractivity contribution >= 4 is 15.9 Å². The number of halogens is 1. The second-order valence-corrected chi connectivity index (χ2v) is 3.48. The van der Waals surface area contributed by atoms with Crippen molar-refractivity contribution in [3.8, 4) is 11.3 Å². The van der Waals surface area contributed by atoms with Gasteiger partial charge >= 0.3 is 0 Å². The summed E-state index contributed by atoms with van der Waals surface area (Å²) < 4.78 is 0. The Morgan fingerprint density at radius 1 is 1.07 bits per heavy atom. The molecular weight excluding hydrogens is 240 g/mol. The lowest BCUT2D eigenvalue weighted by Gasteiger charge is -2.00. The Bertz CT molecular complexity index is 397. The lowest BCUT2D eigenvalue weighted by molar-refractivity contribution is 1.25. The summed E-state index contributed by atoms with van der Waals surface area (Å²) >= 11 is 3.39. The zero-order valence-electron chi connectivity index (χ0n) is 7.52. The molecule has 0 aliphatic carbocycles. The van der Waals surface area contributed by atoms with Crippen LogP contribution in [-0.4, -0.2) is 9.97 Å². The molecule has 14 heavy (non-hydrogen) atoms. The number of nitrogens with zero attached hydrogens (tertiary/aromatic N) is 2. The van der Waals surface area contributed by atoms with Crippen molar-refractivity contribution in [3.63, 3.8) is 0 Å². The molecule has 0 unspecified atom stereocenters.